The van der Waals surface area contributed by atoms with Crippen LogP contribution in [-0.4, -0.2) is 47.9 Å². The number of amides is 2. The smallest absolute Gasteiger partial charge is 0.337 e. The molecule has 9 heteroatoms. The second-order valence-electron chi connectivity index (χ2n) is 7.60. The number of hydrogen-bond donors (Lipinski definition) is 1. The Hall–Kier alpha value is -4.53. The highest BCUT2D eigenvalue weighted by molar-refractivity contribution is 6.14. The van der Waals surface area contributed by atoms with Crippen molar-refractivity contribution in [2.45, 2.75) is 13.1 Å². The zero-order chi connectivity index (χ0) is 24.2. The van der Waals surface area contributed by atoms with Crippen molar-refractivity contribution in [3.63, 3.8) is 0 Å². The first-order chi connectivity index (χ1) is 16.4. The number of benzene rings is 2. The summed E-state index contributed by atoms with van der Waals surface area (Å²) in [6.45, 7) is 0.737. The highest BCUT2D eigenvalue weighted by Gasteiger charge is 2.32. The fourth-order valence-corrected chi connectivity index (χ4v) is 3.82. The third kappa shape index (κ3) is 4.49. The molecule has 3 aromatic rings. The van der Waals surface area contributed by atoms with E-state index in [0.717, 1.165) is 11.1 Å². The first kappa shape index (κ1) is 22.7. The minimum atomic E-state index is -0.678. The Kier molecular flexibility index (Phi) is 6.35. The Bertz CT molecular complexity index is 1250. The lowest BCUT2D eigenvalue weighted by Crippen LogP contribution is -2.25. The Morgan fingerprint density at radius 2 is 1.71 bits per heavy atom. The molecule has 2 heterocycles. The number of aromatic nitrogens is 1. The van der Waals surface area contributed by atoms with Gasteiger partial charge < -0.3 is 19.7 Å². The standard InChI is InChI=1S/C25H21N3O6/c1-33-24(31)17-9-18(25(32)34-2)11-19(10-17)27-22(29)20-7-3-6-16-14-28(23(30)21(16)20)13-15-5-4-8-26-12-15/h3-12H,13-14H2,1-2H3,(H,27,29). The molecule has 1 aromatic heterocycles. The third-order valence-corrected chi connectivity index (χ3v) is 5.39. The average Bonchev–Trinajstić information content (AvgIpc) is 3.18. The molecule has 2 amide bonds. The second-order valence-corrected chi connectivity index (χ2v) is 7.60. The maximum absolute atomic E-state index is 13.2. The molecule has 34 heavy (non-hydrogen) atoms. The van der Waals surface area contributed by atoms with E-state index in [1.165, 1.54) is 32.4 Å². The molecule has 2 aromatic carbocycles. The zero-order valence-corrected chi connectivity index (χ0v) is 18.5. The molecular weight excluding hydrogens is 438 g/mol. The maximum atomic E-state index is 13.2. The Morgan fingerprint density at radius 3 is 2.32 bits per heavy atom. The van der Waals surface area contributed by atoms with Crippen molar-refractivity contribution in [1.82, 2.24) is 9.88 Å². The van der Waals surface area contributed by atoms with Crippen molar-refractivity contribution in [3.05, 3.63) is 94.3 Å². The monoisotopic (exact) mass is 459 g/mol. The van der Waals surface area contributed by atoms with E-state index in [1.807, 2.05) is 6.07 Å². The van der Waals surface area contributed by atoms with Gasteiger partial charge in [-0.2, -0.15) is 0 Å². The SMILES string of the molecule is COC(=O)c1cc(NC(=O)c2cccc3c2C(=O)N(Cc2cccnc2)C3)cc(C(=O)OC)c1. The number of anilines is 1. The van der Waals surface area contributed by atoms with Gasteiger partial charge in [-0.1, -0.05) is 18.2 Å². The van der Waals surface area contributed by atoms with Crippen molar-refractivity contribution < 1.29 is 28.7 Å². The minimum Gasteiger partial charge on any atom is -0.465 e. The molecule has 0 aliphatic carbocycles. The number of carbonyl (C=O) groups is 4. The summed E-state index contributed by atoms with van der Waals surface area (Å²) >= 11 is 0. The van der Waals surface area contributed by atoms with Crippen LogP contribution in [0.15, 0.2) is 60.9 Å². The number of rotatable bonds is 6. The van der Waals surface area contributed by atoms with Gasteiger partial charge in [0.15, 0.2) is 0 Å². The lowest BCUT2D eigenvalue weighted by Gasteiger charge is -2.15. The molecule has 1 N–H and O–H groups in total. The van der Waals surface area contributed by atoms with Gasteiger partial charge in [-0.05, 0) is 41.5 Å². The van der Waals surface area contributed by atoms with E-state index in [1.54, 1.807) is 41.6 Å². The number of pyridine rings is 1. The van der Waals surface area contributed by atoms with Crippen LogP contribution < -0.4 is 5.32 Å². The van der Waals surface area contributed by atoms with Crippen molar-refractivity contribution in [1.29, 1.82) is 0 Å². The number of ether oxygens (including phenoxy) is 2. The van der Waals surface area contributed by atoms with Crippen LogP contribution in [-0.2, 0) is 22.6 Å². The molecule has 0 saturated heterocycles. The van der Waals surface area contributed by atoms with Gasteiger partial charge in [-0.3, -0.25) is 14.6 Å². The maximum Gasteiger partial charge on any atom is 0.337 e. The molecule has 4 rings (SSSR count). The third-order valence-electron chi connectivity index (χ3n) is 5.39. The van der Waals surface area contributed by atoms with E-state index in [9.17, 15) is 19.2 Å². The van der Waals surface area contributed by atoms with Gasteiger partial charge >= 0.3 is 11.9 Å². The molecule has 0 radical (unpaired) electrons. The van der Waals surface area contributed by atoms with Gasteiger partial charge in [0.25, 0.3) is 11.8 Å². The summed E-state index contributed by atoms with van der Waals surface area (Å²) in [4.78, 5) is 56.1. The van der Waals surface area contributed by atoms with Crippen molar-refractivity contribution in [3.8, 4) is 0 Å². The molecule has 172 valence electrons. The van der Waals surface area contributed by atoms with E-state index >= 15 is 0 Å². The molecule has 9 nitrogen and oxygen atoms in total. The summed E-state index contributed by atoms with van der Waals surface area (Å²) < 4.78 is 9.45. The van der Waals surface area contributed by atoms with Gasteiger partial charge in [-0.25, -0.2) is 9.59 Å². The van der Waals surface area contributed by atoms with Crippen LogP contribution in [0.25, 0.3) is 0 Å². The van der Waals surface area contributed by atoms with Crippen LogP contribution in [0.3, 0.4) is 0 Å². The fourth-order valence-electron chi connectivity index (χ4n) is 3.82. The normalized spacial score (nSPS) is 12.2. The number of nitrogens with one attached hydrogen (secondary N) is 1. The predicted octanol–water partition coefficient (Wildman–Crippen LogP) is 3.06. The van der Waals surface area contributed by atoms with E-state index < -0.39 is 17.8 Å². The molecule has 1 aliphatic rings. The molecule has 0 saturated carbocycles. The molecule has 0 fully saturated rings. The minimum absolute atomic E-state index is 0.0673. The highest BCUT2D eigenvalue weighted by Crippen LogP contribution is 2.28. The van der Waals surface area contributed by atoms with Crippen LogP contribution in [0.2, 0.25) is 0 Å². The van der Waals surface area contributed by atoms with Crippen LogP contribution in [0.1, 0.15) is 52.6 Å². The molecule has 0 atom stereocenters. The number of esters is 2. The van der Waals surface area contributed by atoms with Gasteiger partial charge in [0.2, 0.25) is 0 Å². The summed E-state index contributed by atoms with van der Waals surface area (Å²) in [5.74, 6) is -2.17. The molecule has 0 bridgehead atoms. The van der Waals surface area contributed by atoms with E-state index in [0.29, 0.717) is 18.7 Å². The van der Waals surface area contributed by atoms with E-state index in [4.69, 9.17) is 9.47 Å². The number of methoxy groups -OCH3 is 2. The summed E-state index contributed by atoms with van der Waals surface area (Å²) in [5, 5.41) is 2.68. The zero-order valence-electron chi connectivity index (χ0n) is 18.5. The predicted molar refractivity (Wildman–Crippen MR) is 121 cm³/mol. The topological polar surface area (TPSA) is 115 Å². The second kappa shape index (κ2) is 9.53. The summed E-state index contributed by atoms with van der Waals surface area (Å²) in [6.07, 6.45) is 3.35. The van der Waals surface area contributed by atoms with Gasteiger partial charge in [0.05, 0.1) is 36.5 Å². The van der Waals surface area contributed by atoms with Crippen LogP contribution in [0.4, 0.5) is 5.69 Å². The summed E-state index contributed by atoms with van der Waals surface area (Å²) in [5.41, 5.74) is 2.45. The average molecular weight is 459 g/mol. The van der Waals surface area contributed by atoms with Crippen molar-refractivity contribution in [2.75, 3.05) is 19.5 Å². The summed E-state index contributed by atoms with van der Waals surface area (Å²) in [7, 11) is 2.42. The van der Waals surface area contributed by atoms with Crippen LogP contribution >= 0.6 is 0 Å². The lowest BCUT2D eigenvalue weighted by atomic mass is 10.0. The Labute approximate surface area is 195 Å². The highest BCUT2D eigenvalue weighted by atomic mass is 16.5. The van der Waals surface area contributed by atoms with Crippen LogP contribution in [0.5, 0.6) is 0 Å². The first-order valence-electron chi connectivity index (χ1n) is 10.3. The van der Waals surface area contributed by atoms with E-state index in [-0.39, 0.29) is 28.3 Å². The van der Waals surface area contributed by atoms with Gasteiger partial charge in [-0.15, -0.1) is 0 Å². The first-order valence-corrected chi connectivity index (χ1v) is 10.3. The largest absolute Gasteiger partial charge is 0.465 e. The lowest BCUT2D eigenvalue weighted by molar-refractivity contribution is 0.0598. The van der Waals surface area contributed by atoms with Gasteiger partial charge in [0.1, 0.15) is 0 Å². The fraction of sp³-hybridized carbons (Fsp3) is 0.160. The number of carbonyl (C=O) groups excluding carboxylic acids is 4. The number of fused-ring (bicyclic) bond motifs is 1. The Morgan fingerprint density at radius 1 is 1.00 bits per heavy atom. The molecule has 0 unspecified atom stereocenters. The number of hydrogen-bond acceptors (Lipinski definition) is 7. The molecule has 0 spiro atoms. The van der Waals surface area contributed by atoms with Crippen LogP contribution in [0, 0.1) is 0 Å². The van der Waals surface area contributed by atoms with E-state index in [2.05, 4.69) is 10.3 Å². The quantitative estimate of drug-likeness (QED) is 0.564. The Balaban J connectivity index is 1.62. The number of nitrogens with zero attached hydrogens (tertiary/aromatic N) is 2. The van der Waals surface area contributed by atoms with Gasteiger partial charge in [0, 0.05) is 31.2 Å². The molecular formula is C25H21N3O6. The summed E-state index contributed by atoms with van der Waals surface area (Å²) in [6, 6.07) is 12.8. The van der Waals surface area contributed by atoms with Crippen molar-refractivity contribution in [2.24, 2.45) is 0 Å². The van der Waals surface area contributed by atoms with Crippen molar-refractivity contribution >= 4 is 29.4 Å². The molecule has 1 aliphatic heterocycles.